The van der Waals surface area contributed by atoms with Crippen molar-refractivity contribution in [3.05, 3.63) is 42.0 Å². The highest BCUT2D eigenvalue weighted by atomic mass is 19.4. The van der Waals surface area contributed by atoms with Crippen LogP contribution < -0.4 is 15.8 Å². The van der Waals surface area contributed by atoms with Gasteiger partial charge >= 0.3 is 6.18 Å². The first-order chi connectivity index (χ1) is 13.8. The predicted molar refractivity (Wildman–Crippen MR) is 94.4 cm³/mol. The van der Waals surface area contributed by atoms with E-state index in [9.17, 15) is 18.0 Å². The van der Waals surface area contributed by atoms with Crippen molar-refractivity contribution in [3.8, 4) is 5.75 Å². The van der Waals surface area contributed by atoms with Crippen LogP contribution in [-0.4, -0.2) is 44.8 Å². The lowest BCUT2D eigenvalue weighted by molar-refractivity contribution is -0.141. The van der Waals surface area contributed by atoms with Crippen LogP contribution in [0.15, 0.2) is 30.7 Å². The molecule has 29 heavy (non-hydrogen) atoms. The highest BCUT2D eigenvalue weighted by Gasteiger charge is 2.34. The normalized spacial score (nSPS) is 16.9. The Bertz CT molecular complexity index is 1060. The second-order valence-electron chi connectivity index (χ2n) is 6.27. The average Bonchev–Trinajstić information content (AvgIpc) is 3.28. The summed E-state index contributed by atoms with van der Waals surface area (Å²) in [5.41, 5.74) is 4.23. The van der Waals surface area contributed by atoms with E-state index in [1.807, 2.05) is 0 Å². The molecular weight excluding hydrogens is 393 g/mol. The van der Waals surface area contributed by atoms with Gasteiger partial charge < -0.3 is 20.5 Å². The quantitative estimate of drug-likeness (QED) is 0.679. The number of fused-ring (bicyclic) bond motifs is 1. The van der Waals surface area contributed by atoms with Crippen LogP contribution in [0.2, 0.25) is 0 Å². The number of carbonyl (C=O) groups is 1. The molecule has 0 radical (unpaired) electrons. The number of anilines is 2. The minimum Gasteiger partial charge on any atom is -0.486 e. The highest BCUT2D eigenvalue weighted by molar-refractivity contribution is 6.12. The maximum atomic E-state index is 13.0. The number of pyridine rings is 1. The van der Waals surface area contributed by atoms with Crippen molar-refractivity contribution in [1.29, 1.82) is 0 Å². The fourth-order valence-corrected chi connectivity index (χ4v) is 2.87. The van der Waals surface area contributed by atoms with Crippen molar-refractivity contribution in [2.45, 2.75) is 18.7 Å². The topological polar surface area (TPSA) is 117 Å². The van der Waals surface area contributed by atoms with Gasteiger partial charge in [-0.15, -0.1) is 5.10 Å². The zero-order valence-electron chi connectivity index (χ0n) is 14.8. The molecule has 1 aliphatic rings. The zero-order chi connectivity index (χ0) is 20.6. The molecule has 3 N–H and O–H groups in total. The molecule has 0 bridgehead atoms. The lowest BCUT2D eigenvalue weighted by Crippen LogP contribution is -2.19. The Morgan fingerprint density at radius 2 is 2.21 bits per heavy atom. The van der Waals surface area contributed by atoms with Gasteiger partial charge in [0, 0.05) is 24.9 Å². The van der Waals surface area contributed by atoms with Crippen molar-refractivity contribution < 1.29 is 27.4 Å². The molecule has 12 heteroatoms. The number of halogens is 3. The van der Waals surface area contributed by atoms with E-state index < -0.39 is 17.8 Å². The van der Waals surface area contributed by atoms with Crippen LogP contribution >= 0.6 is 0 Å². The molecule has 0 aromatic carbocycles. The lowest BCUT2D eigenvalue weighted by atomic mass is 10.2. The summed E-state index contributed by atoms with van der Waals surface area (Å²) in [4.78, 5) is 20.2. The number of aromatic nitrogens is 4. The van der Waals surface area contributed by atoms with Crippen molar-refractivity contribution >= 4 is 23.1 Å². The molecule has 4 rings (SSSR count). The van der Waals surface area contributed by atoms with Crippen LogP contribution in [0, 0.1) is 0 Å². The number of hydrogen-bond acceptors (Lipinski definition) is 7. The van der Waals surface area contributed by atoms with E-state index in [4.69, 9.17) is 15.2 Å². The monoisotopic (exact) mass is 408 g/mol. The van der Waals surface area contributed by atoms with Crippen LogP contribution in [0.3, 0.4) is 0 Å². The number of nitrogens with one attached hydrogen (secondary N) is 1. The second-order valence-corrected chi connectivity index (χ2v) is 6.27. The largest absolute Gasteiger partial charge is 0.486 e. The summed E-state index contributed by atoms with van der Waals surface area (Å²) in [5, 5.41) is 6.40. The third-order valence-corrected chi connectivity index (χ3v) is 4.24. The number of ether oxygens (including phenoxy) is 2. The van der Waals surface area contributed by atoms with Crippen LogP contribution in [0.4, 0.5) is 24.7 Å². The molecule has 152 valence electrons. The van der Waals surface area contributed by atoms with E-state index in [2.05, 4.69) is 20.4 Å². The second kappa shape index (κ2) is 7.20. The number of alkyl halides is 3. The number of nitrogens with zero attached hydrogens (tertiary/aromatic N) is 4. The van der Waals surface area contributed by atoms with Gasteiger partial charge in [-0.1, -0.05) is 0 Å². The predicted octanol–water partition coefficient (Wildman–Crippen LogP) is 2.15. The Morgan fingerprint density at radius 3 is 2.93 bits per heavy atom. The van der Waals surface area contributed by atoms with Gasteiger partial charge in [-0.3, -0.25) is 9.78 Å². The van der Waals surface area contributed by atoms with E-state index in [1.54, 1.807) is 6.07 Å². The summed E-state index contributed by atoms with van der Waals surface area (Å²) in [6.07, 6.45) is -0.271. The average molecular weight is 408 g/mol. The number of nitrogens with two attached hydrogens (primary N) is 1. The number of rotatable bonds is 4. The molecular formula is C17H15F3N6O3. The van der Waals surface area contributed by atoms with E-state index >= 15 is 0 Å². The lowest BCUT2D eigenvalue weighted by Gasteiger charge is -2.15. The molecule has 0 aliphatic carbocycles. The van der Waals surface area contributed by atoms with Crippen molar-refractivity contribution in [2.24, 2.45) is 0 Å². The Morgan fingerprint density at radius 1 is 1.38 bits per heavy atom. The Kier molecular flexibility index (Phi) is 4.70. The third-order valence-electron chi connectivity index (χ3n) is 4.24. The fourth-order valence-electron chi connectivity index (χ4n) is 2.87. The van der Waals surface area contributed by atoms with Crippen LogP contribution in [0.25, 0.3) is 5.65 Å². The van der Waals surface area contributed by atoms with Gasteiger partial charge in [0.2, 0.25) is 0 Å². The first kappa shape index (κ1) is 18.9. The molecule has 1 amide bonds. The molecule has 1 atom stereocenters. The number of carbonyl (C=O) groups excluding carboxylic acids is 1. The number of nitrogen functional groups attached to an aromatic ring is 1. The molecule has 1 saturated heterocycles. The summed E-state index contributed by atoms with van der Waals surface area (Å²) < 4.78 is 51.0. The van der Waals surface area contributed by atoms with E-state index in [0.717, 1.165) is 16.8 Å². The minimum absolute atomic E-state index is 0.175. The molecule has 0 spiro atoms. The first-order valence-electron chi connectivity index (χ1n) is 8.55. The smallest absolute Gasteiger partial charge is 0.433 e. The Hall–Kier alpha value is -3.41. The molecule has 3 aromatic rings. The molecule has 3 aromatic heterocycles. The van der Waals surface area contributed by atoms with Gasteiger partial charge in [0.15, 0.2) is 11.5 Å². The van der Waals surface area contributed by atoms with Gasteiger partial charge in [-0.05, 0) is 6.07 Å². The Balaban J connectivity index is 1.65. The molecule has 1 unspecified atom stereocenters. The maximum absolute atomic E-state index is 13.0. The summed E-state index contributed by atoms with van der Waals surface area (Å²) >= 11 is 0. The number of amides is 1. The van der Waals surface area contributed by atoms with E-state index in [1.165, 1.54) is 12.4 Å². The Labute approximate surface area is 161 Å². The van der Waals surface area contributed by atoms with Crippen LogP contribution in [0.5, 0.6) is 5.75 Å². The van der Waals surface area contributed by atoms with Gasteiger partial charge in [0.05, 0.1) is 19.4 Å². The first-order valence-corrected chi connectivity index (χ1v) is 8.55. The highest BCUT2D eigenvalue weighted by Crippen LogP contribution is 2.30. The maximum Gasteiger partial charge on any atom is 0.433 e. The molecule has 1 aliphatic heterocycles. The summed E-state index contributed by atoms with van der Waals surface area (Å²) in [7, 11) is 0. The summed E-state index contributed by atoms with van der Waals surface area (Å²) in [5.74, 6) is -0.697. The van der Waals surface area contributed by atoms with Crippen molar-refractivity contribution in [2.75, 3.05) is 24.3 Å². The number of hydrogen-bond donors (Lipinski definition) is 2. The van der Waals surface area contributed by atoms with Crippen LogP contribution in [-0.2, 0) is 10.9 Å². The van der Waals surface area contributed by atoms with Gasteiger partial charge in [0.25, 0.3) is 5.91 Å². The zero-order valence-corrected chi connectivity index (χ0v) is 14.8. The summed E-state index contributed by atoms with van der Waals surface area (Å²) in [6.45, 7) is 0.991. The summed E-state index contributed by atoms with van der Waals surface area (Å²) in [6, 6.07) is 2.31. The van der Waals surface area contributed by atoms with Gasteiger partial charge in [-0.2, -0.15) is 13.2 Å². The van der Waals surface area contributed by atoms with Crippen molar-refractivity contribution in [3.63, 3.8) is 0 Å². The SMILES string of the molecule is Nc1nn2ccc(C(F)(F)F)nc2c1C(=O)Nc1cnccc1OC1CCOC1. The minimum atomic E-state index is -4.68. The molecule has 4 heterocycles. The molecule has 0 saturated carbocycles. The standard InChI is InChI=1S/C17H15F3N6O3/c18-17(19,20)12-2-5-26-15(24-12)13(14(21)25-26)16(27)23-10-7-22-4-1-11(10)29-9-3-6-28-8-9/h1-2,4-5,7,9H,3,6,8H2,(H2,21,25)(H,23,27). The van der Waals surface area contributed by atoms with Crippen LogP contribution in [0.1, 0.15) is 22.5 Å². The van der Waals surface area contributed by atoms with Gasteiger partial charge in [-0.25, -0.2) is 9.50 Å². The molecule has 1 fully saturated rings. The fraction of sp³-hybridized carbons (Fsp3) is 0.294. The molecule has 9 nitrogen and oxygen atoms in total. The van der Waals surface area contributed by atoms with Crippen molar-refractivity contribution in [1.82, 2.24) is 19.6 Å². The van der Waals surface area contributed by atoms with E-state index in [0.29, 0.717) is 25.4 Å². The van der Waals surface area contributed by atoms with E-state index in [-0.39, 0.29) is 28.8 Å². The third kappa shape index (κ3) is 3.78. The van der Waals surface area contributed by atoms with Gasteiger partial charge in [0.1, 0.15) is 28.8 Å².